The summed E-state index contributed by atoms with van der Waals surface area (Å²) in [7, 11) is -3.03. The average molecular weight is 306 g/mol. The molecule has 0 aromatic heterocycles. The van der Waals surface area contributed by atoms with E-state index < -0.39 is 21.5 Å². The molecule has 4 nitrogen and oxygen atoms in total. The highest BCUT2D eigenvalue weighted by Crippen LogP contribution is 2.16. The van der Waals surface area contributed by atoms with E-state index in [0.717, 1.165) is 0 Å². The molecule has 3 N–H and O–H groups in total. The molecule has 0 bridgehead atoms. The minimum atomic E-state index is -3.03. The van der Waals surface area contributed by atoms with Crippen LogP contribution in [-0.4, -0.2) is 26.0 Å². The molecule has 0 saturated heterocycles. The molecule has 1 rings (SSSR count). The number of hydrazine groups is 1. The molecule has 0 aliphatic carbocycles. The molecule has 0 spiro atoms. The monoisotopic (exact) mass is 306 g/mol. The molecule has 20 heavy (non-hydrogen) atoms. The van der Waals surface area contributed by atoms with Gasteiger partial charge in [0.25, 0.3) is 0 Å². The largest absolute Gasteiger partial charge is 0.271 e. The summed E-state index contributed by atoms with van der Waals surface area (Å²) in [5.74, 6) is 4.27. The minimum absolute atomic E-state index is 0.0335. The molecular formula is C13H20F2N2O2S. The van der Waals surface area contributed by atoms with Gasteiger partial charge in [0.05, 0.1) is 5.75 Å². The Labute approximate surface area is 118 Å². The number of benzene rings is 1. The fraction of sp³-hybridized carbons (Fsp3) is 0.538. The highest BCUT2D eigenvalue weighted by molar-refractivity contribution is 7.91. The molecular weight excluding hydrogens is 286 g/mol. The topological polar surface area (TPSA) is 72.2 Å². The predicted molar refractivity (Wildman–Crippen MR) is 74.7 cm³/mol. The van der Waals surface area contributed by atoms with Gasteiger partial charge in [0.15, 0.2) is 0 Å². The lowest BCUT2D eigenvalue weighted by atomic mass is 10.0. The third-order valence-corrected chi connectivity index (χ3v) is 4.99. The number of nitrogens with one attached hydrogen (secondary N) is 1. The summed E-state index contributed by atoms with van der Waals surface area (Å²) in [6.07, 6.45) is 0.922. The van der Waals surface area contributed by atoms with E-state index in [-0.39, 0.29) is 29.5 Å². The van der Waals surface area contributed by atoms with Crippen molar-refractivity contribution in [1.82, 2.24) is 5.43 Å². The minimum Gasteiger partial charge on any atom is -0.271 e. The van der Waals surface area contributed by atoms with E-state index in [1.54, 1.807) is 6.92 Å². The molecule has 0 radical (unpaired) electrons. The summed E-state index contributed by atoms with van der Waals surface area (Å²) >= 11 is 0. The lowest BCUT2D eigenvalue weighted by Gasteiger charge is -2.16. The van der Waals surface area contributed by atoms with E-state index in [1.807, 2.05) is 0 Å². The van der Waals surface area contributed by atoms with Crippen molar-refractivity contribution >= 4 is 9.84 Å². The van der Waals surface area contributed by atoms with Gasteiger partial charge in [-0.25, -0.2) is 17.2 Å². The second kappa shape index (κ2) is 7.66. The highest BCUT2D eigenvalue weighted by Gasteiger charge is 2.16. The van der Waals surface area contributed by atoms with Crippen molar-refractivity contribution in [3.05, 3.63) is 35.4 Å². The Hall–Kier alpha value is -1.05. The van der Waals surface area contributed by atoms with Gasteiger partial charge in [-0.1, -0.05) is 13.0 Å². The van der Waals surface area contributed by atoms with Crippen LogP contribution in [0.3, 0.4) is 0 Å². The van der Waals surface area contributed by atoms with E-state index in [1.165, 1.54) is 18.2 Å². The van der Waals surface area contributed by atoms with Crippen LogP contribution in [0.15, 0.2) is 18.2 Å². The quantitative estimate of drug-likeness (QED) is 0.565. The zero-order valence-corrected chi connectivity index (χ0v) is 12.2. The van der Waals surface area contributed by atoms with Gasteiger partial charge in [0.2, 0.25) is 0 Å². The van der Waals surface area contributed by atoms with Crippen LogP contribution in [0.4, 0.5) is 8.78 Å². The maximum absolute atomic E-state index is 13.5. The molecule has 0 heterocycles. The predicted octanol–water partition coefficient (Wildman–Crippen LogP) is 1.55. The zero-order valence-electron chi connectivity index (χ0n) is 11.4. The van der Waals surface area contributed by atoms with Gasteiger partial charge in [-0.05, 0) is 31.4 Å². The fourth-order valence-electron chi connectivity index (χ4n) is 1.91. The Bertz CT molecular complexity index is 515. The van der Waals surface area contributed by atoms with Crippen molar-refractivity contribution in [2.45, 2.75) is 32.2 Å². The third kappa shape index (κ3) is 5.15. The van der Waals surface area contributed by atoms with Crippen molar-refractivity contribution in [3.63, 3.8) is 0 Å². The first-order valence-corrected chi connectivity index (χ1v) is 8.31. The van der Waals surface area contributed by atoms with Crippen LogP contribution >= 0.6 is 0 Å². The fourth-order valence-corrected chi connectivity index (χ4v) is 2.81. The smallest absolute Gasteiger partial charge is 0.150 e. The number of hydrogen-bond acceptors (Lipinski definition) is 4. The average Bonchev–Trinajstić information content (AvgIpc) is 2.41. The van der Waals surface area contributed by atoms with Crippen LogP contribution in [0.1, 0.15) is 25.3 Å². The Morgan fingerprint density at radius 3 is 2.40 bits per heavy atom. The molecule has 0 aliphatic rings. The Morgan fingerprint density at radius 1 is 1.30 bits per heavy atom. The first-order valence-electron chi connectivity index (χ1n) is 6.49. The normalized spacial score (nSPS) is 13.4. The second-order valence-electron chi connectivity index (χ2n) is 4.65. The first kappa shape index (κ1) is 17.0. The van der Waals surface area contributed by atoms with E-state index in [2.05, 4.69) is 5.43 Å². The van der Waals surface area contributed by atoms with Gasteiger partial charge >= 0.3 is 0 Å². The summed E-state index contributed by atoms with van der Waals surface area (Å²) in [6, 6.07) is 3.31. The lowest BCUT2D eigenvalue weighted by molar-refractivity contribution is 0.459. The molecule has 0 aliphatic heterocycles. The summed E-state index contributed by atoms with van der Waals surface area (Å²) in [4.78, 5) is 0. The Balaban J connectivity index is 2.60. The van der Waals surface area contributed by atoms with E-state index >= 15 is 0 Å². The van der Waals surface area contributed by atoms with Crippen molar-refractivity contribution in [1.29, 1.82) is 0 Å². The molecule has 1 aromatic carbocycles. The van der Waals surface area contributed by atoms with Crippen molar-refractivity contribution in [2.24, 2.45) is 5.84 Å². The number of nitrogens with two attached hydrogens (primary N) is 1. The van der Waals surface area contributed by atoms with Gasteiger partial charge in [-0.15, -0.1) is 0 Å². The number of rotatable bonds is 8. The van der Waals surface area contributed by atoms with Crippen LogP contribution in [0.5, 0.6) is 0 Å². The standard InChI is InChI=1S/C13H20F2N2O2S/c1-2-20(18,19)8-4-5-10(17-16)9-11-12(14)6-3-7-13(11)15/h3,6-7,10,17H,2,4-5,8-9,16H2,1H3. The highest BCUT2D eigenvalue weighted by atomic mass is 32.2. The number of halogens is 2. The van der Waals surface area contributed by atoms with Crippen LogP contribution in [0.2, 0.25) is 0 Å². The summed E-state index contributed by atoms with van der Waals surface area (Å²) < 4.78 is 49.7. The summed E-state index contributed by atoms with van der Waals surface area (Å²) in [6.45, 7) is 1.59. The number of hydrogen-bond donors (Lipinski definition) is 2. The molecule has 1 atom stereocenters. The van der Waals surface area contributed by atoms with Crippen LogP contribution in [0, 0.1) is 11.6 Å². The molecule has 1 unspecified atom stereocenters. The molecule has 114 valence electrons. The zero-order chi connectivity index (χ0) is 15.2. The van der Waals surface area contributed by atoms with Crippen molar-refractivity contribution < 1.29 is 17.2 Å². The summed E-state index contributed by atoms with van der Waals surface area (Å²) in [5.41, 5.74) is 2.45. The second-order valence-corrected chi connectivity index (χ2v) is 7.12. The van der Waals surface area contributed by atoms with Gasteiger partial charge in [0, 0.05) is 17.4 Å². The summed E-state index contributed by atoms with van der Waals surface area (Å²) in [5, 5.41) is 0. The van der Waals surface area contributed by atoms with E-state index in [4.69, 9.17) is 5.84 Å². The van der Waals surface area contributed by atoms with Crippen molar-refractivity contribution in [2.75, 3.05) is 11.5 Å². The van der Waals surface area contributed by atoms with Crippen LogP contribution < -0.4 is 11.3 Å². The van der Waals surface area contributed by atoms with Gasteiger partial charge in [-0.3, -0.25) is 11.3 Å². The Kier molecular flexibility index (Phi) is 6.51. The maximum atomic E-state index is 13.5. The van der Waals surface area contributed by atoms with Crippen LogP contribution in [-0.2, 0) is 16.3 Å². The van der Waals surface area contributed by atoms with Gasteiger partial charge < -0.3 is 0 Å². The maximum Gasteiger partial charge on any atom is 0.150 e. The molecule has 1 aromatic rings. The van der Waals surface area contributed by atoms with Gasteiger partial charge in [-0.2, -0.15) is 0 Å². The SMILES string of the molecule is CCS(=O)(=O)CCCC(Cc1c(F)cccc1F)NN. The van der Waals surface area contributed by atoms with E-state index in [0.29, 0.717) is 12.8 Å². The van der Waals surface area contributed by atoms with E-state index in [9.17, 15) is 17.2 Å². The molecule has 0 fully saturated rings. The van der Waals surface area contributed by atoms with Gasteiger partial charge in [0.1, 0.15) is 21.5 Å². The molecule has 0 saturated carbocycles. The van der Waals surface area contributed by atoms with Crippen molar-refractivity contribution in [3.8, 4) is 0 Å². The first-order chi connectivity index (χ1) is 9.39. The Morgan fingerprint density at radius 2 is 1.90 bits per heavy atom. The van der Waals surface area contributed by atoms with Crippen LogP contribution in [0.25, 0.3) is 0 Å². The third-order valence-electron chi connectivity index (χ3n) is 3.20. The molecule has 7 heteroatoms. The lowest BCUT2D eigenvalue weighted by Crippen LogP contribution is -2.37. The molecule has 0 amide bonds. The number of sulfone groups is 1.